The van der Waals surface area contributed by atoms with E-state index in [0.29, 0.717) is 18.8 Å². The van der Waals surface area contributed by atoms with Crippen LogP contribution in [0.1, 0.15) is 32.6 Å². The average molecular weight is 373 g/mol. The number of methoxy groups -OCH3 is 1. The average Bonchev–Trinajstić information content (AvgIpc) is 3.07. The molecule has 6 heteroatoms. The van der Waals surface area contributed by atoms with Crippen molar-refractivity contribution < 1.29 is 14.3 Å². The number of piperidine rings is 1. The number of nitrogens with zero attached hydrogens (tertiary/aromatic N) is 2. The minimum atomic E-state index is -0.279. The summed E-state index contributed by atoms with van der Waals surface area (Å²) < 4.78 is 5.22. The predicted octanol–water partition coefficient (Wildman–Crippen LogP) is 2.29. The van der Waals surface area contributed by atoms with Gasteiger partial charge in [0.15, 0.2) is 0 Å². The van der Waals surface area contributed by atoms with Crippen molar-refractivity contribution in [3.63, 3.8) is 0 Å². The molecule has 0 aromatic heterocycles. The number of anilines is 1. The second-order valence-electron chi connectivity index (χ2n) is 7.80. The molecule has 0 aliphatic carbocycles. The second-order valence-corrected chi connectivity index (χ2v) is 7.80. The van der Waals surface area contributed by atoms with Gasteiger partial charge in [-0.15, -0.1) is 0 Å². The van der Waals surface area contributed by atoms with E-state index in [1.165, 1.54) is 25.9 Å². The summed E-state index contributed by atoms with van der Waals surface area (Å²) in [5, 5.41) is 3.02. The highest BCUT2D eigenvalue weighted by atomic mass is 16.5. The molecule has 2 heterocycles. The molecule has 0 saturated carbocycles. The number of carbonyl (C=O) groups excluding carboxylic acids is 2. The minimum absolute atomic E-state index is 0.00860. The van der Waals surface area contributed by atoms with Crippen LogP contribution in [0.25, 0.3) is 0 Å². The molecule has 6 nitrogen and oxygen atoms in total. The highest BCUT2D eigenvalue weighted by Crippen LogP contribution is 2.28. The van der Waals surface area contributed by atoms with Crippen LogP contribution in [0.2, 0.25) is 0 Å². The van der Waals surface area contributed by atoms with Crippen molar-refractivity contribution in [3.8, 4) is 5.75 Å². The third-order valence-electron chi connectivity index (χ3n) is 5.55. The number of benzene rings is 1. The SMILES string of the molecule is COc1cccc(N2CC(C(=O)NCCCN3CCCC(C)C3)CC2=O)c1. The molecule has 27 heavy (non-hydrogen) atoms. The Morgan fingerprint density at radius 2 is 2.19 bits per heavy atom. The maximum Gasteiger partial charge on any atom is 0.227 e. The molecular formula is C21H31N3O3. The number of hydrogen-bond acceptors (Lipinski definition) is 4. The van der Waals surface area contributed by atoms with E-state index < -0.39 is 0 Å². The Kier molecular flexibility index (Phi) is 6.72. The number of likely N-dealkylation sites (tertiary alicyclic amines) is 1. The lowest BCUT2D eigenvalue weighted by molar-refractivity contribution is -0.126. The second kappa shape index (κ2) is 9.22. The summed E-state index contributed by atoms with van der Waals surface area (Å²) in [4.78, 5) is 29.0. The molecule has 1 aromatic carbocycles. The van der Waals surface area contributed by atoms with E-state index in [-0.39, 0.29) is 24.2 Å². The van der Waals surface area contributed by atoms with Crippen LogP contribution >= 0.6 is 0 Å². The fourth-order valence-corrected chi connectivity index (χ4v) is 4.06. The maximum atomic E-state index is 12.5. The van der Waals surface area contributed by atoms with E-state index in [4.69, 9.17) is 4.74 Å². The molecule has 2 unspecified atom stereocenters. The largest absolute Gasteiger partial charge is 0.497 e. The van der Waals surface area contributed by atoms with E-state index in [1.54, 1.807) is 12.0 Å². The van der Waals surface area contributed by atoms with Crippen molar-refractivity contribution in [1.82, 2.24) is 10.2 Å². The van der Waals surface area contributed by atoms with E-state index in [2.05, 4.69) is 17.1 Å². The first-order valence-electron chi connectivity index (χ1n) is 10.0. The van der Waals surface area contributed by atoms with E-state index in [9.17, 15) is 9.59 Å². The Balaban J connectivity index is 1.43. The lowest BCUT2D eigenvalue weighted by atomic mass is 10.0. The van der Waals surface area contributed by atoms with Gasteiger partial charge < -0.3 is 19.9 Å². The zero-order valence-corrected chi connectivity index (χ0v) is 16.4. The molecule has 2 aliphatic heterocycles. The molecule has 0 spiro atoms. The van der Waals surface area contributed by atoms with Crippen LogP contribution in [-0.4, -0.2) is 56.5 Å². The van der Waals surface area contributed by atoms with Crippen LogP contribution in [0.15, 0.2) is 24.3 Å². The lowest BCUT2D eigenvalue weighted by Gasteiger charge is -2.30. The first-order valence-corrected chi connectivity index (χ1v) is 10.0. The van der Waals surface area contributed by atoms with Crippen LogP contribution < -0.4 is 15.0 Å². The topological polar surface area (TPSA) is 61.9 Å². The van der Waals surface area contributed by atoms with Gasteiger partial charge in [-0.3, -0.25) is 9.59 Å². The van der Waals surface area contributed by atoms with Crippen molar-refractivity contribution in [2.75, 3.05) is 44.7 Å². The number of rotatable bonds is 7. The molecule has 1 N–H and O–H groups in total. The molecule has 2 saturated heterocycles. The molecule has 3 rings (SSSR count). The van der Waals surface area contributed by atoms with Crippen LogP contribution in [0.3, 0.4) is 0 Å². The zero-order chi connectivity index (χ0) is 19.2. The Hall–Kier alpha value is -2.08. The van der Waals surface area contributed by atoms with Gasteiger partial charge in [0.05, 0.1) is 13.0 Å². The van der Waals surface area contributed by atoms with Gasteiger partial charge in [0, 0.05) is 37.8 Å². The van der Waals surface area contributed by atoms with Gasteiger partial charge in [0.1, 0.15) is 5.75 Å². The molecule has 2 fully saturated rings. The van der Waals surface area contributed by atoms with Crippen LogP contribution in [0.4, 0.5) is 5.69 Å². The van der Waals surface area contributed by atoms with Crippen molar-refractivity contribution >= 4 is 17.5 Å². The Morgan fingerprint density at radius 3 is 2.96 bits per heavy atom. The summed E-state index contributed by atoms with van der Waals surface area (Å²) in [6.45, 7) is 6.78. The summed E-state index contributed by atoms with van der Waals surface area (Å²) >= 11 is 0. The number of amides is 2. The van der Waals surface area contributed by atoms with Gasteiger partial charge in [-0.05, 0) is 50.4 Å². The predicted molar refractivity (Wildman–Crippen MR) is 106 cm³/mol. The molecule has 2 amide bonds. The van der Waals surface area contributed by atoms with Crippen molar-refractivity contribution in [3.05, 3.63) is 24.3 Å². The first kappa shape index (κ1) is 19.7. The molecule has 1 aromatic rings. The molecule has 2 aliphatic rings. The Morgan fingerprint density at radius 1 is 1.33 bits per heavy atom. The number of ether oxygens (including phenoxy) is 1. The van der Waals surface area contributed by atoms with Crippen molar-refractivity contribution in [1.29, 1.82) is 0 Å². The monoisotopic (exact) mass is 373 g/mol. The van der Waals surface area contributed by atoms with Crippen LogP contribution in [0, 0.1) is 11.8 Å². The molecule has 2 atom stereocenters. The zero-order valence-electron chi connectivity index (χ0n) is 16.4. The lowest BCUT2D eigenvalue weighted by Crippen LogP contribution is -2.38. The smallest absolute Gasteiger partial charge is 0.227 e. The minimum Gasteiger partial charge on any atom is -0.497 e. The fraction of sp³-hybridized carbons (Fsp3) is 0.619. The van der Waals surface area contributed by atoms with Gasteiger partial charge in [-0.25, -0.2) is 0 Å². The summed E-state index contributed by atoms with van der Waals surface area (Å²) in [6.07, 6.45) is 3.83. The van der Waals surface area contributed by atoms with E-state index in [1.807, 2.05) is 24.3 Å². The number of carbonyl (C=O) groups is 2. The summed E-state index contributed by atoms with van der Waals surface area (Å²) in [5.41, 5.74) is 0.786. The third kappa shape index (κ3) is 5.22. The quantitative estimate of drug-likeness (QED) is 0.745. The third-order valence-corrected chi connectivity index (χ3v) is 5.55. The maximum absolute atomic E-state index is 12.5. The normalized spacial score (nSPS) is 23.5. The number of hydrogen-bond donors (Lipinski definition) is 1. The number of nitrogens with one attached hydrogen (secondary N) is 1. The highest BCUT2D eigenvalue weighted by molar-refractivity contribution is 6.00. The van der Waals surface area contributed by atoms with Crippen molar-refractivity contribution in [2.45, 2.75) is 32.6 Å². The van der Waals surface area contributed by atoms with E-state index >= 15 is 0 Å². The Bertz CT molecular complexity index is 664. The van der Waals surface area contributed by atoms with Crippen LogP contribution in [0.5, 0.6) is 5.75 Å². The molecule has 148 valence electrons. The highest BCUT2D eigenvalue weighted by Gasteiger charge is 2.35. The van der Waals surface area contributed by atoms with Gasteiger partial charge in [-0.2, -0.15) is 0 Å². The summed E-state index contributed by atoms with van der Waals surface area (Å²) in [6, 6.07) is 7.41. The summed E-state index contributed by atoms with van der Waals surface area (Å²) in [5.74, 6) is 1.19. The van der Waals surface area contributed by atoms with Gasteiger partial charge >= 0.3 is 0 Å². The van der Waals surface area contributed by atoms with Gasteiger partial charge in [-0.1, -0.05) is 13.0 Å². The first-order chi connectivity index (χ1) is 13.1. The van der Waals surface area contributed by atoms with Crippen molar-refractivity contribution in [2.24, 2.45) is 11.8 Å². The Labute approximate surface area is 161 Å². The molecule has 0 bridgehead atoms. The van der Waals surface area contributed by atoms with E-state index in [0.717, 1.165) is 24.6 Å². The van der Waals surface area contributed by atoms with Gasteiger partial charge in [0.25, 0.3) is 0 Å². The van der Waals surface area contributed by atoms with Crippen LogP contribution in [-0.2, 0) is 9.59 Å². The standard InChI is InChI=1S/C21H31N3O3/c1-16-6-4-10-23(14-16)11-5-9-22-21(26)17-12-20(25)24(15-17)18-7-3-8-19(13-18)27-2/h3,7-8,13,16-17H,4-6,9-12,14-15H2,1-2H3,(H,22,26). The summed E-state index contributed by atoms with van der Waals surface area (Å²) in [7, 11) is 1.60. The fourth-order valence-electron chi connectivity index (χ4n) is 4.06. The van der Waals surface area contributed by atoms with Gasteiger partial charge in [0.2, 0.25) is 11.8 Å². The molecular weight excluding hydrogens is 342 g/mol. The molecule has 0 radical (unpaired) electrons.